The molecule has 12 heteroatoms. The minimum absolute atomic E-state index is 0.0336. The number of aliphatic hydroxyl groups excluding tert-OH is 1. The summed E-state index contributed by atoms with van der Waals surface area (Å²) in [5, 5.41) is 19.1. The van der Waals surface area contributed by atoms with E-state index in [2.05, 4.69) is 20.9 Å². The first kappa shape index (κ1) is 33.1. The second kappa shape index (κ2) is 13.8. The number of aliphatic imine (C=N–C) groups is 1. The van der Waals surface area contributed by atoms with Crippen LogP contribution in [0.4, 0.5) is 9.59 Å². The zero-order valence-corrected chi connectivity index (χ0v) is 24.3. The van der Waals surface area contributed by atoms with Crippen LogP contribution in [0.1, 0.15) is 81.6 Å². The zero-order valence-electron chi connectivity index (χ0n) is 24.3. The molecule has 1 aliphatic carbocycles. The van der Waals surface area contributed by atoms with Crippen molar-refractivity contribution in [3.8, 4) is 0 Å². The predicted octanol–water partition coefficient (Wildman–Crippen LogP) is 2.87. The van der Waals surface area contributed by atoms with Crippen LogP contribution in [-0.4, -0.2) is 71.6 Å². The third kappa shape index (κ3) is 10.5. The third-order valence-electron chi connectivity index (χ3n) is 6.13. The van der Waals surface area contributed by atoms with Crippen molar-refractivity contribution in [2.24, 2.45) is 22.7 Å². The molecule has 1 fully saturated rings. The quantitative estimate of drug-likeness (QED) is 0.165. The highest BCUT2D eigenvalue weighted by Crippen LogP contribution is 2.40. The lowest BCUT2D eigenvalue weighted by atomic mass is 9.80. The Labute approximate surface area is 225 Å². The zero-order chi connectivity index (χ0) is 29.4. The smallest absolute Gasteiger partial charge is 0.414 e. The maximum absolute atomic E-state index is 12.6. The number of esters is 1. The molecule has 5 unspecified atom stereocenters. The topological polar surface area (TPSA) is 165 Å². The molecule has 1 saturated carbocycles. The number of carbonyl (C=O) groups excluding carboxylic acids is 4. The largest absolute Gasteiger partial charge is 0.469 e. The van der Waals surface area contributed by atoms with Crippen LogP contribution >= 0.6 is 0 Å². The van der Waals surface area contributed by atoms with Crippen LogP contribution in [0, 0.1) is 17.8 Å². The Hall–Kier alpha value is -2.89. The normalized spacial score (nSPS) is 22.2. The van der Waals surface area contributed by atoms with E-state index < -0.39 is 59.4 Å². The van der Waals surface area contributed by atoms with E-state index in [1.54, 1.807) is 41.5 Å². The molecule has 0 aromatic rings. The van der Waals surface area contributed by atoms with E-state index in [0.717, 1.165) is 0 Å². The van der Waals surface area contributed by atoms with Crippen LogP contribution in [0.15, 0.2) is 4.99 Å². The van der Waals surface area contributed by atoms with Crippen LogP contribution in [0.3, 0.4) is 0 Å². The van der Waals surface area contributed by atoms with Gasteiger partial charge in [-0.05, 0) is 53.9 Å². The second-order valence-electron chi connectivity index (χ2n) is 11.5. The molecular weight excluding hydrogens is 496 g/mol. The van der Waals surface area contributed by atoms with Gasteiger partial charge in [-0.15, -0.1) is 0 Å². The van der Waals surface area contributed by atoms with E-state index in [4.69, 9.17) is 14.2 Å². The molecule has 5 atom stereocenters. The van der Waals surface area contributed by atoms with Gasteiger partial charge in [0.05, 0.1) is 25.2 Å². The van der Waals surface area contributed by atoms with Crippen molar-refractivity contribution in [2.75, 3.05) is 7.11 Å². The molecule has 0 aromatic heterocycles. The fourth-order valence-electron chi connectivity index (χ4n) is 4.65. The van der Waals surface area contributed by atoms with Crippen LogP contribution in [-0.2, 0) is 23.8 Å². The molecule has 0 heterocycles. The van der Waals surface area contributed by atoms with E-state index in [-0.39, 0.29) is 24.2 Å². The molecule has 0 bridgehead atoms. The molecule has 1 rings (SSSR count). The van der Waals surface area contributed by atoms with Crippen molar-refractivity contribution < 1.29 is 38.5 Å². The van der Waals surface area contributed by atoms with Gasteiger partial charge in [0.25, 0.3) is 0 Å². The Morgan fingerprint density at radius 1 is 0.947 bits per heavy atom. The number of carbonyl (C=O) groups is 4. The van der Waals surface area contributed by atoms with Crippen LogP contribution in [0.5, 0.6) is 0 Å². The number of nitrogens with zero attached hydrogens (tertiary/aromatic N) is 1. The molecule has 3 amide bonds. The maximum Gasteiger partial charge on any atom is 0.414 e. The average Bonchev–Trinajstić information content (AvgIpc) is 3.05. The summed E-state index contributed by atoms with van der Waals surface area (Å²) in [6.07, 6.45) is -1.48. The highest BCUT2D eigenvalue weighted by molar-refractivity contribution is 6.01. The van der Waals surface area contributed by atoms with Gasteiger partial charge < -0.3 is 24.6 Å². The standard InChI is InChI=1S/C26H46N4O8/c1-11-15(12-2)19(27-14(3)31)18-17(13-16(20(18)32)21(33)36-10)28-22(29-23(34)37-25(4,5)6)30-24(35)38-26(7,8)9/h15-20,32H,11-13H2,1-10H3,(H,27,31)(H2,28,29,30,34,35). The molecule has 0 spiro atoms. The van der Waals surface area contributed by atoms with Gasteiger partial charge in [-0.25, -0.2) is 14.6 Å². The van der Waals surface area contributed by atoms with Crippen molar-refractivity contribution in [1.29, 1.82) is 0 Å². The summed E-state index contributed by atoms with van der Waals surface area (Å²) >= 11 is 0. The van der Waals surface area contributed by atoms with Gasteiger partial charge in [0.15, 0.2) is 0 Å². The molecule has 1 aliphatic rings. The van der Waals surface area contributed by atoms with Crippen LogP contribution < -0.4 is 16.0 Å². The van der Waals surface area contributed by atoms with Crippen LogP contribution in [0.2, 0.25) is 0 Å². The molecule has 218 valence electrons. The number of hydrogen-bond acceptors (Lipinski definition) is 9. The summed E-state index contributed by atoms with van der Waals surface area (Å²) in [5.74, 6) is -2.86. The monoisotopic (exact) mass is 542 g/mol. The van der Waals surface area contributed by atoms with Gasteiger partial charge >= 0.3 is 18.2 Å². The van der Waals surface area contributed by atoms with Crippen molar-refractivity contribution in [2.45, 2.75) is 111 Å². The molecule has 38 heavy (non-hydrogen) atoms. The number of guanidine groups is 1. The maximum atomic E-state index is 12.6. The van der Waals surface area contributed by atoms with Crippen molar-refractivity contribution >= 4 is 30.0 Å². The number of ether oxygens (including phenoxy) is 3. The van der Waals surface area contributed by atoms with E-state index in [1.165, 1.54) is 14.0 Å². The summed E-state index contributed by atoms with van der Waals surface area (Å²) in [6, 6.07) is -1.32. The van der Waals surface area contributed by atoms with Gasteiger partial charge in [0.1, 0.15) is 11.2 Å². The molecule has 12 nitrogen and oxygen atoms in total. The number of aliphatic hydroxyl groups is 1. The van der Waals surface area contributed by atoms with Crippen molar-refractivity contribution in [3.63, 3.8) is 0 Å². The first-order valence-electron chi connectivity index (χ1n) is 13.0. The number of nitrogens with one attached hydrogen (secondary N) is 3. The lowest BCUT2D eigenvalue weighted by molar-refractivity contribution is -0.149. The summed E-state index contributed by atoms with van der Waals surface area (Å²) < 4.78 is 15.5. The molecular formula is C26H46N4O8. The minimum atomic E-state index is -1.20. The number of alkyl carbamates (subject to hydrolysis) is 2. The molecule has 0 saturated heterocycles. The molecule has 0 aliphatic heterocycles. The Morgan fingerprint density at radius 2 is 1.42 bits per heavy atom. The van der Waals surface area contributed by atoms with Crippen molar-refractivity contribution in [3.05, 3.63) is 0 Å². The Kier molecular flexibility index (Phi) is 12.0. The summed E-state index contributed by atoms with van der Waals surface area (Å²) in [6.45, 7) is 15.4. The summed E-state index contributed by atoms with van der Waals surface area (Å²) in [5.41, 5.74) is -1.65. The summed E-state index contributed by atoms with van der Waals surface area (Å²) in [7, 11) is 1.23. The number of methoxy groups -OCH3 is 1. The molecule has 0 aromatic carbocycles. The van der Waals surface area contributed by atoms with Gasteiger partial charge in [-0.2, -0.15) is 0 Å². The molecule has 0 radical (unpaired) electrons. The van der Waals surface area contributed by atoms with Crippen molar-refractivity contribution in [1.82, 2.24) is 16.0 Å². The first-order valence-corrected chi connectivity index (χ1v) is 13.0. The van der Waals surface area contributed by atoms with E-state index in [9.17, 15) is 24.3 Å². The van der Waals surface area contributed by atoms with Crippen LogP contribution in [0.25, 0.3) is 0 Å². The summed E-state index contributed by atoms with van der Waals surface area (Å²) in [4.78, 5) is 54.4. The lowest BCUT2D eigenvalue weighted by Gasteiger charge is -2.35. The third-order valence-corrected chi connectivity index (χ3v) is 6.13. The minimum Gasteiger partial charge on any atom is -0.469 e. The van der Waals surface area contributed by atoms with Gasteiger partial charge in [-0.3, -0.25) is 20.2 Å². The number of rotatable bonds is 7. The number of amides is 3. The fourth-order valence-corrected chi connectivity index (χ4v) is 4.65. The van der Waals surface area contributed by atoms with E-state index in [1.807, 2.05) is 13.8 Å². The lowest BCUT2D eigenvalue weighted by Crippen LogP contribution is -2.52. The average molecular weight is 543 g/mol. The molecule has 4 N–H and O–H groups in total. The fraction of sp³-hybridized carbons (Fsp3) is 0.808. The van der Waals surface area contributed by atoms with E-state index >= 15 is 0 Å². The SMILES string of the molecule is CCC(CC)C(NC(C)=O)C1C(N=C(NC(=O)OC(C)(C)C)NC(=O)OC(C)(C)C)CC(C(=O)OC)C1O. The van der Waals surface area contributed by atoms with Gasteiger partial charge in [-0.1, -0.05) is 26.7 Å². The highest BCUT2D eigenvalue weighted by atomic mass is 16.6. The Balaban J connectivity index is 3.56. The Bertz CT molecular complexity index is 841. The highest BCUT2D eigenvalue weighted by Gasteiger charge is 2.51. The van der Waals surface area contributed by atoms with Gasteiger partial charge in [0, 0.05) is 18.9 Å². The predicted molar refractivity (Wildman–Crippen MR) is 141 cm³/mol. The number of hydrogen-bond donors (Lipinski definition) is 4. The van der Waals surface area contributed by atoms with Gasteiger partial charge in [0.2, 0.25) is 11.9 Å². The van der Waals surface area contributed by atoms with E-state index in [0.29, 0.717) is 12.8 Å². The first-order chi connectivity index (χ1) is 17.4. The Morgan fingerprint density at radius 3 is 1.79 bits per heavy atom. The second-order valence-corrected chi connectivity index (χ2v) is 11.5.